The normalized spacial score (nSPS) is 26.1. The van der Waals surface area contributed by atoms with Gasteiger partial charge in [0.15, 0.2) is 5.78 Å². The van der Waals surface area contributed by atoms with E-state index in [4.69, 9.17) is 4.74 Å². The second-order valence-corrected chi connectivity index (χ2v) is 4.23. The van der Waals surface area contributed by atoms with Gasteiger partial charge in [0.25, 0.3) is 0 Å². The summed E-state index contributed by atoms with van der Waals surface area (Å²) in [5.41, 5.74) is 0.330. The van der Waals surface area contributed by atoms with Gasteiger partial charge in [-0.1, -0.05) is 44.7 Å². The quantitative estimate of drug-likeness (QED) is 0.735. The van der Waals surface area contributed by atoms with E-state index < -0.39 is 11.6 Å². The zero-order valence-corrected chi connectivity index (χ0v) is 11.8. The molecule has 4 heteroatoms. The van der Waals surface area contributed by atoms with Gasteiger partial charge in [0, 0.05) is 6.42 Å². The third-order valence-electron chi connectivity index (χ3n) is 3.26. The third-order valence-corrected chi connectivity index (χ3v) is 3.26. The Labute approximate surface area is 114 Å². The average Bonchev–Trinajstić information content (AvgIpc) is 2.91. The lowest BCUT2D eigenvalue weighted by Gasteiger charge is -2.28. The molecule has 1 atom stereocenters. The van der Waals surface area contributed by atoms with E-state index in [0.717, 1.165) is 5.57 Å². The molecule has 2 saturated heterocycles. The largest absolute Gasteiger partial charge is 0.446 e. The van der Waals surface area contributed by atoms with Crippen molar-refractivity contribution in [3.05, 3.63) is 36.5 Å². The highest BCUT2D eigenvalue weighted by Crippen LogP contribution is 2.39. The average molecular weight is 263 g/mol. The van der Waals surface area contributed by atoms with Crippen LogP contribution in [0.3, 0.4) is 0 Å². The summed E-state index contributed by atoms with van der Waals surface area (Å²) in [5.74, 6) is 0.0769. The molecule has 2 fully saturated rings. The Hall–Kier alpha value is -1.84. The van der Waals surface area contributed by atoms with Crippen molar-refractivity contribution in [3.63, 3.8) is 0 Å². The Balaban J connectivity index is 0.000000861. The summed E-state index contributed by atoms with van der Waals surface area (Å²) in [5, 5.41) is 0. The summed E-state index contributed by atoms with van der Waals surface area (Å²) >= 11 is 0. The molecule has 0 aromatic rings. The van der Waals surface area contributed by atoms with E-state index in [1.54, 1.807) is 12.2 Å². The van der Waals surface area contributed by atoms with Crippen LogP contribution in [-0.2, 0) is 9.53 Å². The number of rotatable bonds is 3. The number of cyclic esters (lactones) is 1. The van der Waals surface area contributed by atoms with Crippen molar-refractivity contribution in [1.29, 1.82) is 0 Å². The number of hydrogen-bond donors (Lipinski definition) is 0. The molecule has 2 aliphatic heterocycles. The first-order chi connectivity index (χ1) is 9.14. The minimum absolute atomic E-state index is 0.0769. The standard InChI is InChI=1S/C13H15NO3.C2H6/c1-3-5-6-10(4-2)13-7-11(15)8-14(13)12(16)17-9-13;1-2/h3-6H,1,7-9H2,2H3;1-2H3/b6-5-,10-4+;. The highest BCUT2D eigenvalue weighted by molar-refractivity contribution is 5.92. The van der Waals surface area contributed by atoms with E-state index in [2.05, 4.69) is 6.58 Å². The van der Waals surface area contributed by atoms with Crippen molar-refractivity contribution >= 4 is 11.9 Å². The number of ketones is 1. The highest BCUT2D eigenvalue weighted by Gasteiger charge is 2.55. The van der Waals surface area contributed by atoms with Gasteiger partial charge >= 0.3 is 6.09 Å². The molecule has 1 unspecified atom stereocenters. The Morgan fingerprint density at radius 1 is 1.42 bits per heavy atom. The Bertz CT molecular complexity index is 437. The van der Waals surface area contributed by atoms with Crippen LogP contribution in [0.4, 0.5) is 4.79 Å². The number of allylic oxidation sites excluding steroid dienone is 3. The molecule has 0 saturated carbocycles. The highest BCUT2D eigenvalue weighted by atomic mass is 16.6. The summed E-state index contributed by atoms with van der Waals surface area (Å²) < 4.78 is 5.07. The van der Waals surface area contributed by atoms with Gasteiger partial charge in [0.2, 0.25) is 0 Å². The SMILES string of the molecule is C=C/C=C\C(=C/C)C12COC(=O)N1CC(=O)C2.CC. The number of ether oxygens (including phenoxy) is 1. The van der Waals surface area contributed by atoms with Gasteiger partial charge in [-0.15, -0.1) is 0 Å². The van der Waals surface area contributed by atoms with Crippen LogP contribution in [0.5, 0.6) is 0 Å². The molecule has 1 amide bonds. The molecule has 0 aromatic heterocycles. The van der Waals surface area contributed by atoms with Crippen LogP contribution in [0.15, 0.2) is 36.5 Å². The molecule has 2 rings (SSSR count). The minimum atomic E-state index is -0.595. The summed E-state index contributed by atoms with van der Waals surface area (Å²) in [7, 11) is 0. The molecule has 0 N–H and O–H groups in total. The van der Waals surface area contributed by atoms with Crippen molar-refractivity contribution in [3.8, 4) is 0 Å². The molecule has 0 aromatic carbocycles. The zero-order chi connectivity index (χ0) is 14.5. The van der Waals surface area contributed by atoms with Crippen LogP contribution in [0, 0.1) is 0 Å². The Morgan fingerprint density at radius 2 is 2.11 bits per heavy atom. The number of Topliss-reactive ketones (excluding diaryl/α,β-unsaturated/α-hetero) is 1. The lowest BCUT2D eigenvalue weighted by Crippen LogP contribution is -2.43. The number of carbonyl (C=O) groups is 2. The third kappa shape index (κ3) is 2.62. The number of fused-ring (bicyclic) bond motifs is 1. The fourth-order valence-corrected chi connectivity index (χ4v) is 2.47. The first kappa shape index (κ1) is 15.2. The maximum absolute atomic E-state index is 11.6. The molecule has 19 heavy (non-hydrogen) atoms. The first-order valence-electron chi connectivity index (χ1n) is 6.56. The van der Waals surface area contributed by atoms with E-state index >= 15 is 0 Å². The second kappa shape index (κ2) is 6.36. The maximum atomic E-state index is 11.6. The van der Waals surface area contributed by atoms with Crippen molar-refractivity contribution < 1.29 is 14.3 Å². The van der Waals surface area contributed by atoms with Crippen LogP contribution < -0.4 is 0 Å². The molecule has 104 valence electrons. The topological polar surface area (TPSA) is 46.6 Å². The summed E-state index contributed by atoms with van der Waals surface area (Å²) in [6.45, 7) is 9.90. The van der Waals surface area contributed by atoms with E-state index in [1.165, 1.54) is 4.90 Å². The number of amides is 1. The number of nitrogens with zero attached hydrogens (tertiary/aromatic N) is 1. The number of hydrogen-bond acceptors (Lipinski definition) is 3. The van der Waals surface area contributed by atoms with Crippen molar-refractivity contribution in [2.24, 2.45) is 0 Å². The van der Waals surface area contributed by atoms with Crippen molar-refractivity contribution in [1.82, 2.24) is 4.90 Å². The molecule has 0 radical (unpaired) electrons. The molecular formula is C15H21NO3. The fraction of sp³-hybridized carbons (Fsp3) is 0.467. The molecule has 2 heterocycles. The summed E-state index contributed by atoms with van der Waals surface area (Å²) in [4.78, 5) is 24.7. The molecular weight excluding hydrogens is 242 g/mol. The van der Waals surface area contributed by atoms with E-state index in [-0.39, 0.29) is 18.9 Å². The molecule has 0 spiro atoms. The van der Waals surface area contributed by atoms with Crippen LogP contribution in [-0.4, -0.2) is 35.5 Å². The van der Waals surface area contributed by atoms with Gasteiger partial charge in [0.05, 0.1) is 6.54 Å². The number of carbonyl (C=O) groups excluding carboxylic acids is 2. The van der Waals surface area contributed by atoms with Crippen LogP contribution >= 0.6 is 0 Å². The first-order valence-corrected chi connectivity index (χ1v) is 6.56. The Kier molecular flexibility index (Phi) is 5.10. The minimum Gasteiger partial charge on any atom is -0.446 e. The molecule has 0 bridgehead atoms. The fourth-order valence-electron chi connectivity index (χ4n) is 2.47. The monoisotopic (exact) mass is 263 g/mol. The van der Waals surface area contributed by atoms with E-state index in [9.17, 15) is 9.59 Å². The predicted octanol–water partition coefficient (Wildman–Crippen LogP) is 2.86. The van der Waals surface area contributed by atoms with Crippen LogP contribution in [0.1, 0.15) is 27.2 Å². The van der Waals surface area contributed by atoms with Gasteiger partial charge in [-0.2, -0.15) is 0 Å². The van der Waals surface area contributed by atoms with Gasteiger partial charge in [-0.25, -0.2) is 4.79 Å². The summed E-state index contributed by atoms with van der Waals surface area (Å²) in [6.07, 6.45) is 7.18. The molecule has 2 aliphatic rings. The van der Waals surface area contributed by atoms with Gasteiger partial charge < -0.3 is 4.74 Å². The van der Waals surface area contributed by atoms with Crippen LogP contribution in [0.2, 0.25) is 0 Å². The van der Waals surface area contributed by atoms with Crippen LogP contribution in [0.25, 0.3) is 0 Å². The molecule has 0 aliphatic carbocycles. The lowest BCUT2D eigenvalue weighted by molar-refractivity contribution is -0.117. The summed E-state index contributed by atoms with van der Waals surface area (Å²) in [6, 6.07) is 0. The van der Waals surface area contributed by atoms with Gasteiger partial charge in [-0.05, 0) is 12.5 Å². The smallest absolute Gasteiger partial charge is 0.411 e. The Morgan fingerprint density at radius 3 is 2.68 bits per heavy atom. The lowest BCUT2D eigenvalue weighted by atomic mass is 9.87. The zero-order valence-electron chi connectivity index (χ0n) is 11.8. The maximum Gasteiger partial charge on any atom is 0.411 e. The predicted molar refractivity (Wildman–Crippen MR) is 74.9 cm³/mol. The van der Waals surface area contributed by atoms with Gasteiger partial charge in [-0.3, -0.25) is 9.69 Å². The van der Waals surface area contributed by atoms with Gasteiger partial charge in [0.1, 0.15) is 12.1 Å². The molecule has 4 nitrogen and oxygen atoms in total. The second-order valence-electron chi connectivity index (χ2n) is 4.23. The van der Waals surface area contributed by atoms with E-state index in [0.29, 0.717) is 6.42 Å². The van der Waals surface area contributed by atoms with E-state index in [1.807, 2.05) is 32.9 Å². The van der Waals surface area contributed by atoms with Crippen molar-refractivity contribution in [2.45, 2.75) is 32.7 Å². The van der Waals surface area contributed by atoms with Crippen molar-refractivity contribution in [2.75, 3.05) is 13.2 Å².